The number of rotatable bonds is 4. The molecule has 1 aliphatic carbocycles. The summed E-state index contributed by atoms with van der Waals surface area (Å²) < 4.78 is 30.1. The van der Waals surface area contributed by atoms with Crippen molar-refractivity contribution in [3.63, 3.8) is 0 Å². The Morgan fingerprint density at radius 3 is 2.35 bits per heavy atom. The monoisotopic (exact) mass is 318 g/mol. The standard InChI is InChI=1S/C12H22N4O2S2/c1-15(2)20(17,18)10-11(13)14-19-12(10)16(3)9-7-5-4-6-8-9/h9H,4-8H2,1-3H3,(H2,13,14). The van der Waals surface area contributed by atoms with Crippen LogP contribution in [0.5, 0.6) is 0 Å². The van der Waals surface area contributed by atoms with Gasteiger partial charge >= 0.3 is 0 Å². The van der Waals surface area contributed by atoms with Gasteiger partial charge in [-0.05, 0) is 24.4 Å². The minimum atomic E-state index is -3.56. The molecule has 0 aromatic carbocycles. The van der Waals surface area contributed by atoms with E-state index < -0.39 is 10.0 Å². The van der Waals surface area contributed by atoms with Crippen LogP contribution in [0, 0.1) is 0 Å². The van der Waals surface area contributed by atoms with Crippen molar-refractivity contribution in [1.82, 2.24) is 8.68 Å². The quantitative estimate of drug-likeness (QED) is 0.915. The summed E-state index contributed by atoms with van der Waals surface area (Å²) in [5, 5.41) is 0.656. The maximum absolute atomic E-state index is 12.4. The van der Waals surface area contributed by atoms with E-state index in [1.807, 2.05) is 11.9 Å². The Labute approximate surface area is 124 Å². The average Bonchev–Trinajstić information content (AvgIpc) is 2.81. The molecule has 0 atom stereocenters. The lowest BCUT2D eigenvalue weighted by Crippen LogP contribution is -2.34. The van der Waals surface area contributed by atoms with Gasteiger partial charge < -0.3 is 10.6 Å². The highest BCUT2D eigenvalue weighted by molar-refractivity contribution is 7.89. The number of sulfonamides is 1. The minimum Gasteiger partial charge on any atom is -0.382 e. The highest BCUT2D eigenvalue weighted by Crippen LogP contribution is 2.38. The fourth-order valence-electron chi connectivity index (χ4n) is 2.57. The van der Waals surface area contributed by atoms with Crippen LogP contribution < -0.4 is 10.6 Å². The van der Waals surface area contributed by atoms with Crippen molar-refractivity contribution in [2.75, 3.05) is 31.8 Å². The molecule has 1 aromatic heterocycles. The number of hydrogen-bond donors (Lipinski definition) is 1. The number of aromatic nitrogens is 1. The zero-order valence-electron chi connectivity index (χ0n) is 12.2. The molecule has 1 saturated carbocycles. The molecule has 0 bridgehead atoms. The molecule has 0 amide bonds. The lowest BCUT2D eigenvalue weighted by molar-refractivity contribution is 0.427. The molecule has 2 rings (SSSR count). The smallest absolute Gasteiger partial charge is 0.249 e. The molecule has 0 radical (unpaired) electrons. The SMILES string of the molecule is CN(c1snc(N)c1S(=O)(=O)N(C)C)C1CCCCC1. The van der Waals surface area contributed by atoms with Crippen molar-refractivity contribution in [2.45, 2.75) is 43.0 Å². The van der Waals surface area contributed by atoms with E-state index in [0.717, 1.165) is 12.8 Å². The maximum Gasteiger partial charge on any atom is 0.249 e. The van der Waals surface area contributed by atoms with E-state index in [1.54, 1.807) is 0 Å². The van der Waals surface area contributed by atoms with Crippen molar-refractivity contribution < 1.29 is 8.42 Å². The fourth-order valence-corrected chi connectivity index (χ4v) is 4.84. The first-order chi connectivity index (χ1) is 9.35. The fraction of sp³-hybridized carbons (Fsp3) is 0.750. The second kappa shape index (κ2) is 5.87. The van der Waals surface area contributed by atoms with E-state index in [4.69, 9.17) is 5.73 Å². The zero-order chi connectivity index (χ0) is 14.9. The van der Waals surface area contributed by atoms with Crippen LogP contribution in [0.1, 0.15) is 32.1 Å². The second-order valence-corrected chi connectivity index (χ2v) is 8.23. The van der Waals surface area contributed by atoms with Crippen LogP contribution in [0.4, 0.5) is 10.8 Å². The van der Waals surface area contributed by atoms with E-state index in [1.165, 1.54) is 49.2 Å². The van der Waals surface area contributed by atoms with E-state index >= 15 is 0 Å². The van der Waals surface area contributed by atoms with E-state index in [-0.39, 0.29) is 10.7 Å². The molecular weight excluding hydrogens is 296 g/mol. The molecule has 1 heterocycles. The summed E-state index contributed by atoms with van der Waals surface area (Å²) >= 11 is 1.17. The van der Waals surface area contributed by atoms with E-state index in [0.29, 0.717) is 11.0 Å². The van der Waals surface area contributed by atoms with E-state index in [2.05, 4.69) is 4.37 Å². The Balaban J connectivity index is 2.38. The van der Waals surface area contributed by atoms with Gasteiger partial charge in [0.25, 0.3) is 0 Å². The largest absolute Gasteiger partial charge is 0.382 e. The molecule has 1 fully saturated rings. The number of nitrogen functional groups attached to an aromatic ring is 1. The number of hydrogen-bond acceptors (Lipinski definition) is 6. The molecule has 1 aliphatic rings. The van der Waals surface area contributed by atoms with Gasteiger partial charge in [-0.1, -0.05) is 19.3 Å². The molecule has 8 heteroatoms. The number of nitrogens with two attached hydrogens (primary N) is 1. The first-order valence-corrected chi connectivity index (χ1v) is 8.97. The molecule has 0 aliphatic heterocycles. The average molecular weight is 318 g/mol. The maximum atomic E-state index is 12.4. The van der Waals surface area contributed by atoms with Crippen molar-refractivity contribution in [3.8, 4) is 0 Å². The van der Waals surface area contributed by atoms with Crippen molar-refractivity contribution in [1.29, 1.82) is 0 Å². The van der Waals surface area contributed by atoms with Crippen LogP contribution in [-0.4, -0.2) is 44.3 Å². The van der Waals surface area contributed by atoms with Crippen LogP contribution in [0.3, 0.4) is 0 Å². The Bertz CT molecular complexity index is 562. The molecule has 1 aromatic rings. The van der Waals surface area contributed by atoms with Crippen LogP contribution in [0.15, 0.2) is 4.90 Å². The van der Waals surface area contributed by atoms with Gasteiger partial charge in [0, 0.05) is 27.2 Å². The van der Waals surface area contributed by atoms with Gasteiger partial charge in [-0.3, -0.25) is 0 Å². The Morgan fingerprint density at radius 2 is 1.80 bits per heavy atom. The van der Waals surface area contributed by atoms with Crippen LogP contribution in [0.2, 0.25) is 0 Å². The van der Waals surface area contributed by atoms with Gasteiger partial charge in [0.1, 0.15) is 5.00 Å². The van der Waals surface area contributed by atoms with Gasteiger partial charge in [0.2, 0.25) is 10.0 Å². The zero-order valence-corrected chi connectivity index (χ0v) is 13.8. The predicted molar refractivity (Wildman–Crippen MR) is 82.7 cm³/mol. The lowest BCUT2D eigenvalue weighted by atomic mass is 9.95. The first kappa shape index (κ1) is 15.5. The number of anilines is 2. The molecule has 6 nitrogen and oxygen atoms in total. The summed E-state index contributed by atoms with van der Waals surface area (Å²) in [6.07, 6.45) is 5.83. The topological polar surface area (TPSA) is 79.5 Å². The normalized spacial score (nSPS) is 17.6. The lowest BCUT2D eigenvalue weighted by Gasteiger charge is -2.32. The van der Waals surface area contributed by atoms with Crippen LogP contribution in [0.25, 0.3) is 0 Å². The molecule has 0 spiro atoms. The van der Waals surface area contributed by atoms with Gasteiger partial charge in [0.15, 0.2) is 10.7 Å². The predicted octanol–water partition coefficient (Wildman–Crippen LogP) is 1.74. The Morgan fingerprint density at radius 1 is 1.20 bits per heavy atom. The minimum absolute atomic E-state index is 0.0985. The van der Waals surface area contributed by atoms with Crippen LogP contribution in [-0.2, 0) is 10.0 Å². The molecule has 0 saturated heterocycles. The van der Waals surface area contributed by atoms with Crippen molar-refractivity contribution in [3.05, 3.63) is 0 Å². The van der Waals surface area contributed by atoms with E-state index in [9.17, 15) is 8.42 Å². The van der Waals surface area contributed by atoms with Gasteiger partial charge in [-0.2, -0.15) is 4.37 Å². The van der Waals surface area contributed by atoms with Crippen molar-refractivity contribution >= 4 is 32.4 Å². The third kappa shape index (κ3) is 2.77. The van der Waals surface area contributed by atoms with Crippen LogP contribution >= 0.6 is 11.5 Å². The molecule has 20 heavy (non-hydrogen) atoms. The molecule has 114 valence electrons. The Hall–Kier alpha value is -0.860. The summed E-state index contributed by atoms with van der Waals surface area (Å²) in [4.78, 5) is 2.20. The summed E-state index contributed by atoms with van der Waals surface area (Å²) in [7, 11) is 1.40. The summed E-state index contributed by atoms with van der Waals surface area (Å²) in [6, 6.07) is 0.375. The summed E-state index contributed by atoms with van der Waals surface area (Å²) in [6.45, 7) is 0. The Kier molecular flexibility index (Phi) is 4.55. The summed E-state index contributed by atoms with van der Waals surface area (Å²) in [5.74, 6) is 0.0985. The molecular formula is C12H22N4O2S2. The third-order valence-electron chi connectivity index (χ3n) is 3.84. The number of nitrogens with zero attached hydrogens (tertiary/aromatic N) is 3. The van der Waals surface area contributed by atoms with Gasteiger partial charge in [-0.15, -0.1) is 0 Å². The molecule has 0 unspecified atom stereocenters. The highest BCUT2D eigenvalue weighted by Gasteiger charge is 2.31. The van der Waals surface area contributed by atoms with Gasteiger partial charge in [0.05, 0.1) is 0 Å². The highest BCUT2D eigenvalue weighted by atomic mass is 32.2. The third-order valence-corrected chi connectivity index (χ3v) is 6.80. The summed E-state index contributed by atoms with van der Waals surface area (Å²) in [5.41, 5.74) is 5.80. The van der Waals surface area contributed by atoms with Crippen molar-refractivity contribution in [2.24, 2.45) is 0 Å². The van der Waals surface area contributed by atoms with Gasteiger partial charge in [-0.25, -0.2) is 12.7 Å². The second-order valence-electron chi connectivity index (χ2n) is 5.39. The first-order valence-electron chi connectivity index (χ1n) is 6.76. The molecule has 2 N–H and O–H groups in total.